The monoisotopic (exact) mass is 245 g/mol. The summed E-state index contributed by atoms with van der Waals surface area (Å²) in [5.41, 5.74) is 0.858. The maximum Gasteiger partial charge on any atom is 0.263 e. The van der Waals surface area contributed by atoms with E-state index in [0.717, 1.165) is 5.69 Å². The molecule has 1 heterocycles. The first-order valence-electron chi connectivity index (χ1n) is 5.63. The Morgan fingerprint density at radius 1 is 1.39 bits per heavy atom. The van der Waals surface area contributed by atoms with Crippen LogP contribution in [0.4, 0.5) is 5.82 Å². The summed E-state index contributed by atoms with van der Waals surface area (Å²) in [5.74, 6) is 1.13. The summed E-state index contributed by atoms with van der Waals surface area (Å²) >= 11 is 0. The molecule has 0 unspecified atom stereocenters. The number of aromatic nitrogens is 2. The third-order valence-electron chi connectivity index (χ3n) is 2.38. The Morgan fingerprint density at radius 2 is 2.11 bits per heavy atom. The Labute approximate surface area is 105 Å². The summed E-state index contributed by atoms with van der Waals surface area (Å²) in [6, 6.07) is 11.0. The molecule has 5 nitrogen and oxygen atoms in total. The standard InChI is InChI=1S/C13H15N3O2/c1-10-8-12(16(2)15-10)14-13(17)9-18-11-6-4-3-5-7-11/h3-8H,9H2,1-2H3,(H,14,17). The Morgan fingerprint density at radius 3 is 2.72 bits per heavy atom. The first kappa shape index (κ1) is 12.2. The van der Waals surface area contributed by atoms with Crippen LogP contribution in [0.15, 0.2) is 36.4 Å². The first-order valence-corrected chi connectivity index (χ1v) is 5.63. The molecule has 1 amide bonds. The SMILES string of the molecule is Cc1cc(NC(=O)COc2ccccc2)n(C)n1. The van der Waals surface area contributed by atoms with Crippen LogP contribution in [0.5, 0.6) is 5.75 Å². The molecule has 18 heavy (non-hydrogen) atoms. The van der Waals surface area contributed by atoms with Gasteiger partial charge < -0.3 is 10.1 Å². The Bertz CT molecular complexity index is 534. The number of nitrogens with zero attached hydrogens (tertiary/aromatic N) is 2. The molecule has 0 fully saturated rings. The van der Waals surface area contributed by atoms with E-state index < -0.39 is 0 Å². The van der Waals surface area contributed by atoms with Gasteiger partial charge in [0.05, 0.1) is 5.69 Å². The van der Waals surface area contributed by atoms with Gasteiger partial charge in [0, 0.05) is 13.1 Å². The van der Waals surface area contributed by atoms with Gasteiger partial charge in [0.15, 0.2) is 6.61 Å². The van der Waals surface area contributed by atoms with E-state index in [1.807, 2.05) is 37.3 Å². The van der Waals surface area contributed by atoms with Crippen molar-refractivity contribution >= 4 is 11.7 Å². The van der Waals surface area contributed by atoms with Crippen molar-refractivity contribution < 1.29 is 9.53 Å². The third-order valence-corrected chi connectivity index (χ3v) is 2.38. The van der Waals surface area contributed by atoms with Crippen molar-refractivity contribution in [3.8, 4) is 5.75 Å². The lowest BCUT2D eigenvalue weighted by Gasteiger charge is -2.07. The lowest BCUT2D eigenvalue weighted by molar-refractivity contribution is -0.118. The molecule has 0 radical (unpaired) electrons. The molecule has 1 N–H and O–H groups in total. The number of hydrogen-bond donors (Lipinski definition) is 1. The van der Waals surface area contributed by atoms with Gasteiger partial charge in [-0.3, -0.25) is 9.48 Å². The molecular formula is C13H15N3O2. The summed E-state index contributed by atoms with van der Waals surface area (Å²) in [4.78, 5) is 11.7. The molecule has 0 aliphatic rings. The normalized spacial score (nSPS) is 10.1. The average Bonchev–Trinajstić information content (AvgIpc) is 2.67. The predicted octanol–water partition coefficient (Wildman–Crippen LogP) is 1.75. The fourth-order valence-corrected chi connectivity index (χ4v) is 1.57. The van der Waals surface area contributed by atoms with Gasteiger partial charge in [0.2, 0.25) is 0 Å². The van der Waals surface area contributed by atoms with E-state index in [4.69, 9.17) is 4.74 Å². The number of para-hydroxylation sites is 1. The van der Waals surface area contributed by atoms with E-state index in [1.54, 1.807) is 17.8 Å². The molecular weight excluding hydrogens is 230 g/mol. The lowest BCUT2D eigenvalue weighted by atomic mass is 10.3. The lowest BCUT2D eigenvalue weighted by Crippen LogP contribution is -2.21. The zero-order chi connectivity index (χ0) is 13.0. The van der Waals surface area contributed by atoms with Crippen molar-refractivity contribution in [2.24, 2.45) is 7.05 Å². The first-order chi connectivity index (χ1) is 8.65. The molecule has 0 atom stereocenters. The third kappa shape index (κ3) is 3.10. The van der Waals surface area contributed by atoms with Gasteiger partial charge in [0.25, 0.3) is 5.91 Å². The molecule has 1 aromatic carbocycles. The summed E-state index contributed by atoms with van der Waals surface area (Å²) < 4.78 is 6.97. The maximum absolute atomic E-state index is 11.7. The number of anilines is 1. The van der Waals surface area contributed by atoms with Crippen molar-refractivity contribution in [2.75, 3.05) is 11.9 Å². The Balaban J connectivity index is 1.88. The second-order valence-corrected chi connectivity index (χ2v) is 3.94. The number of rotatable bonds is 4. The number of hydrogen-bond acceptors (Lipinski definition) is 3. The number of ether oxygens (including phenoxy) is 1. The van der Waals surface area contributed by atoms with Crippen LogP contribution in [-0.4, -0.2) is 22.3 Å². The predicted molar refractivity (Wildman–Crippen MR) is 68.5 cm³/mol. The van der Waals surface area contributed by atoms with Gasteiger partial charge in [-0.1, -0.05) is 18.2 Å². The molecule has 5 heteroatoms. The van der Waals surface area contributed by atoms with Crippen molar-refractivity contribution in [3.63, 3.8) is 0 Å². The molecule has 2 aromatic rings. The Hall–Kier alpha value is -2.30. The van der Waals surface area contributed by atoms with E-state index in [1.165, 1.54) is 0 Å². The minimum atomic E-state index is -0.207. The number of carbonyl (C=O) groups excluding carboxylic acids is 1. The topological polar surface area (TPSA) is 56.1 Å². The minimum Gasteiger partial charge on any atom is -0.484 e. The number of aryl methyl sites for hydroxylation is 2. The van der Waals surface area contributed by atoms with Gasteiger partial charge in [-0.05, 0) is 19.1 Å². The van der Waals surface area contributed by atoms with E-state index >= 15 is 0 Å². The van der Waals surface area contributed by atoms with Crippen LogP contribution >= 0.6 is 0 Å². The Kier molecular flexibility index (Phi) is 3.62. The highest BCUT2D eigenvalue weighted by Gasteiger charge is 2.07. The van der Waals surface area contributed by atoms with Gasteiger partial charge in [-0.15, -0.1) is 0 Å². The fourth-order valence-electron chi connectivity index (χ4n) is 1.57. The van der Waals surface area contributed by atoms with Crippen molar-refractivity contribution in [1.82, 2.24) is 9.78 Å². The van der Waals surface area contributed by atoms with Crippen LogP contribution in [0.1, 0.15) is 5.69 Å². The fraction of sp³-hybridized carbons (Fsp3) is 0.231. The number of carbonyl (C=O) groups is 1. The van der Waals surface area contributed by atoms with Crippen LogP contribution in [0.25, 0.3) is 0 Å². The quantitative estimate of drug-likeness (QED) is 0.892. The van der Waals surface area contributed by atoms with Crippen LogP contribution in [-0.2, 0) is 11.8 Å². The summed E-state index contributed by atoms with van der Waals surface area (Å²) in [7, 11) is 1.78. The smallest absolute Gasteiger partial charge is 0.263 e. The van der Waals surface area contributed by atoms with Gasteiger partial charge in [0.1, 0.15) is 11.6 Å². The molecule has 0 aliphatic heterocycles. The molecule has 2 rings (SSSR count). The van der Waals surface area contributed by atoms with Gasteiger partial charge >= 0.3 is 0 Å². The van der Waals surface area contributed by atoms with E-state index in [-0.39, 0.29) is 12.5 Å². The van der Waals surface area contributed by atoms with Gasteiger partial charge in [-0.2, -0.15) is 5.10 Å². The molecule has 0 bridgehead atoms. The second-order valence-electron chi connectivity index (χ2n) is 3.94. The van der Waals surface area contributed by atoms with Crippen molar-refractivity contribution in [2.45, 2.75) is 6.92 Å². The van der Waals surface area contributed by atoms with Crippen LogP contribution in [0.2, 0.25) is 0 Å². The highest BCUT2D eigenvalue weighted by atomic mass is 16.5. The van der Waals surface area contributed by atoms with Crippen molar-refractivity contribution in [1.29, 1.82) is 0 Å². The summed E-state index contributed by atoms with van der Waals surface area (Å²) in [5, 5.41) is 6.88. The van der Waals surface area contributed by atoms with E-state index in [2.05, 4.69) is 10.4 Å². The molecule has 1 aromatic heterocycles. The highest BCUT2D eigenvalue weighted by molar-refractivity contribution is 5.91. The number of nitrogens with one attached hydrogen (secondary N) is 1. The van der Waals surface area contributed by atoms with Crippen LogP contribution in [0.3, 0.4) is 0 Å². The molecule has 0 aliphatic carbocycles. The van der Waals surface area contributed by atoms with E-state index in [0.29, 0.717) is 11.6 Å². The van der Waals surface area contributed by atoms with Crippen molar-refractivity contribution in [3.05, 3.63) is 42.1 Å². The van der Waals surface area contributed by atoms with Crippen LogP contribution < -0.4 is 10.1 Å². The molecule has 94 valence electrons. The zero-order valence-corrected chi connectivity index (χ0v) is 10.4. The number of amides is 1. The minimum absolute atomic E-state index is 0.0196. The highest BCUT2D eigenvalue weighted by Crippen LogP contribution is 2.10. The molecule has 0 spiro atoms. The average molecular weight is 245 g/mol. The molecule has 0 saturated heterocycles. The largest absolute Gasteiger partial charge is 0.484 e. The molecule has 0 saturated carbocycles. The summed E-state index contributed by atoms with van der Waals surface area (Å²) in [6.07, 6.45) is 0. The van der Waals surface area contributed by atoms with Crippen LogP contribution in [0, 0.1) is 6.92 Å². The number of benzene rings is 1. The zero-order valence-electron chi connectivity index (χ0n) is 10.4. The second kappa shape index (κ2) is 5.35. The summed E-state index contributed by atoms with van der Waals surface area (Å²) in [6.45, 7) is 1.85. The maximum atomic E-state index is 11.7. The van der Waals surface area contributed by atoms with Gasteiger partial charge in [-0.25, -0.2) is 0 Å². The van der Waals surface area contributed by atoms with E-state index in [9.17, 15) is 4.79 Å².